The van der Waals surface area contributed by atoms with Crippen molar-refractivity contribution in [2.24, 2.45) is 0 Å². The van der Waals surface area contributed by atoms with Gasteiger partial charge >= 0.3 is 6.03 Å². The SMILES string of the molecule is CCN(C(=O)/C=C/c1ccccc1)C(=O)N1CCCCC1. The van der Waals surface area contributed by atoms with E-state index in [9.17, 15) is 9.59 Å². The van der Waals surface area contributed by atoms with E-state index in [2.05, 4.69) is 0 Å². The van der Waals surface area contributed by atoms with E-state index in [0.717, 1.165) is 37.9 Å². The van der Waals surface area contributed by atoms with Gasteiger partial charge in [0.15, 0.2) is 0 Å². The number of carbonyl (C=O) groups excluding carboxylic acids is 2. The first-order valence-electron chi connectivity index (χ1n) is 7.56. The van der Waals surface area contributed by atoms with Crippen LogP contribution in [0.2, 0.25) is 0 Å². The fraction of sp³-hybridized carbons (Fsp3) is 0.412. The molecule has 4 nitrogen and oxygen atoms in total. The lowest BCUT2D eigenvalue weighted by atomic mass is 10.1. The number of amides is 3. The summed E-state index contributed by atoms with van der Waals surface area (Å²) in [5.74, 6) is -0.253. The molecule has 1 aromatic carbocycles. The summed E-state index contributed by atoms with van der Waals surface area (Å²) in [6.07, 6.45) is 6.43. The van der Waals surface area contributed by atoms with Crippen molar-refractivity contribution < 1.29 is 9.59 Å². The molecule has 4 heteroatoms. The molecule has 1 fully saturated rings. The van der Waals surface area contributed by atoms with Crippen molar-refractivity contribution >= 4 is 18.0 Å². The minimum Gasteiger partial charge on any atom is -0.324 e. The van der Waals surface area contributed by atoms with Gasteiger partial charge in [0, 0.05) is 25.7 Å². The number of rotatable bonds is 3. The molecule has 0 N–H and O–H groups in total. The molecule has 0 aromatic heterocycles. The van der Waals surface area contributed by atoms with Crippen molar-refractivity contribution in [1.29, 1.82) is 0 Å². The van der Waals surface area contributed by atoms with Gasteiger partial charge in [-0.25, -0.2) is 4.79 Å². The normalized spacial score (nSPS) is 15.2. The molecule has 1 aromatic rings. The maximum atomic E-state index is 12.4. The molecule has 0 saturated carbocycles. The zero-order valence-corrected chi connectivity index (χ0v) is 12.5. The van der Waals surface area contributed by atoms with E-state index >= 15 is 0 Å². The van der Waals surface area contributed by atoms with Crippen LogP contribution < -0.4 is 0 Å². The van der Waals surface area contributed by atoms with Crippen molar-refractivity contribution in [1.82, 2.24) is 9.80 Å². The first-order chi connectivity index (χ1) is 10.2. The summed E-state index contributed by atoms with van der Waals surface area (Å²) in [6.45, 7) is 3.74. The number of urea groups is 1. The molecule has 0 radical (unpaired) electrons. The van der Waals surface area contributed by atoms with Crippen LogP contribution in [0.25, 0.3) is 6.08 Å². The van der Waals surface area contributed by atoms with E-state index in [0.29, 0.717) is 6.54 Å². The third kappa shape index (κ3) is 4.18. The quantitative estimate of drug-likeness (QED) is 0.801. The molecule has 112 valence electrons. The van der Waals surface area contributed by atoms with Gasteiger partial charge in [0.2, 0.25) is 0 Å². The standard InChI is InChI=1S/C17H22N2O2/c1-2-19(17(21)18-13-7-4-8-14-18)16(20)12-11-15-9-5-3-6-10-15/h3,5-6,9-12H,2,4,7-8,13-14H2,1H3/b12-11+. The Morgan fingerprint density at radius 2 is 1.81 bits per heavy atom. The second-order valence-corrected chi connectivity index (χ2v) is 5.16. The molecule has 0 unspecified atom stereocenters. The molecule has 0 aliphatic carbocycles. The largest absolute Gasteiger partial charge is 0.326 e. The second kappa shape index (κ2) is 7.62. The number of likely N-dealkylation sites (tertiary alicyclic amines) is 1. The summed E-state index contributed by atoms with van der Waals surface area (Å²) in [5.41, 5.74) is 0.951. The molecule has 3 amide bonds. The Morgan fingerprint density at radius 1 is 1.14 bits per heavy atom. The Bertz CT molecular complexity index is 505. The van der Waals surface area contributed by atoms with Gasteiger partial charge in [0.1, 0.15) is 0 Å². The summed E-state index contributed by atoms with van der Waals surface area (Å²) in [4.78, 5) is 27.7. The Balaban J connectivity index is 2.00. The lowest BCUT2D eigenvalue weighted by Crippen LogP contribution is -2.47. The van der Waals surface area contributed by atoms with Gasteiger partial charge < -0.3 is 4.90 Å². The third-order valence-electron chi connectivity index (χ3n) is 3.66. The monoisotopic (exact) mass is 286 g/mol. The Hall–Kier alpha value is -2.10. The van der Waals surface area contributed by atoms with Gasteiger partial charge in [-0.3, -0.25) is 9.69 Å². The molecule has 1 saturated heterocycles. The average molecular weight is 286 g/mol. The van der Waals surface area contributed by atoms with Crippen molar-refractivity contribution in [2.75, 3.05) is 19.6 Å². The minimum absolute atomic E-state index is 0.167. The highest BCUT2D eigenvalue weighted by Crippen LogP contribution is 2.12. The Labute approximate surface area is 126 Å². The van der Waals surface area contributed by atoms with Gasteiger partial charge in [-0.2, -0.15) is 0 Å². The maximum absolute atomic E-state index is 12.4. The van der Waals surface area contributed by atoms with E-state index in [1.807, 2.05) is 37.3 Å². The van der Waals surface area contributed by atoms with Crippen molar-refractivity contribution in [3.05, 3.63) is 42.0 Å². The Morgan fingerprint density at radius 3 is 2.43 bits per heavy atom. The van der Waals surface area contributed by atoms with Crippen LogP contribution in [0.5, 0.6) is 0 Å². The van der Waals surface area contributed by atoms with Gasteiger partial charge in [0.05, 0.1) is 0 Å². The lowest BCUT2D eigenvalue weighted by Gasteiger charge is -2.31. The number of hydrogen-bond donors (Lipinski definition) is 0. The number of benzene rings is 1. The molecule has 1 heterocycles. The molecule has 2 rings (SSSR count). The van der Waals surface area contributed by atoms with Crippen LogP contribution in [0.1, 0.15) is 31.7 Å². The third-order valence-corrected chi connectivity index (χ3v) is 3.66. The molecular weight excluding hydrogens is 264 g/mol. The highest BCUT2D eigenvalue weighted by Gasteiger charge is 2.24. The van der Waals surface area contributed by atoms with Crippen LogP contribution in [-0.4, -0.2) is 41.4 Å². The van der Waals surface area contributed by atoms with Crippen LogP contribution in [0.15, 0.2) is 36.4 Å². The fourth-order valence-corrected chi connectivity index (χ4v) is 2.46. The highest BCUT2D eigenvalue weighted by molar-refractivity contribution is 6.02. The van der Waals surface area contributed by atoms with Crippen LogP contribution >= 0.6 is 0 Å². The first kappa shape index (κ1) is 15.3. The van der Waals surface area contributed by atoms with Crippen LogP contribution in [-0.2, 0) is 4.79 Å². The molecule has 0 atom stereocenters. The average Bonchev–Trinajstić information content (AvgIpc) is 2.55. The summed E-state index contributed by atoms with van der Waals surface area (Å²) in [5, 5.41) is 0. The van der Waals surface area contributed by atoms with Gasteiger partial charge in [-0.15, -0.1) is 0 Å². The van der Waals surface area contributed by atoms with Gasteiger partial charge in [0.25, 0.3) is 5.91 Å². The summed E-state index contributed by atoms with van der Waals surface area (Å²) >= 11 is 0. The van der Waals surface area contributed by atoms with Crippen LogP contribution in [0, 0.1) is 0 Å². The molecule has 0 bridgehead atoms. The predicted octanol–water partition coefficient (Wildman–Crippen LogP) is 3.15. The van der Waals surface area contributed by atoms with Crippen LogP contribution in [0.3, 0.4) is 0 Å². The molecule has 21 heavy (non-hydrogen) atoms. The van der Waals surface area contributed by atoms with E-state index in [4.69, 9.17) is 0 Å². The number of hydrogen-bond acceptors (Lipinski definition) is 2. The van der Waals surface area contributed by atoms with E-state index in [-0.39, 0.29) is 11.9 Å². The number of imide groups is 1. The second-order valence-electron chi connectivity index (χ2n) is 5.16. The molecular formula is C17H22N2O2. The van der Waals surface area contributed by atoms with Gasteiger partial charge in [-0.05, 0) is 37.8 Å². The van der Waals surface area contributed by atoms with Crippen molar-refractivity contribution in [3.8, 4) is 0 Å². The number of piperidine rings is 1. The smallest absolute Gasteiger partial charge is 0.324 e. The summed E-state index contributed by atoms with van der Waals surface area (Å²) < 4.78 is 0. The topological polar surface area (TPSA) is 40.6 Å². The summed E-state index contributed by atoms with van der Waals surface area (Å²) in [6, 6.07) is 9.44. The van der Waals surface area contributed by atoms with E-state index in [1.165, 1.54) is 11.0 Å². The fourth-order valence-electron chi connectivity index (χ4n) is 2.46. The highest BCUT2D eigenvalue weighted by atomic mass is 16.2. The van der Waals surface area contributed by atoms with Crippen molar-refractivity contribution in [3.63, 3.8) is 0 Å². The predicted molar refractivity (Wildman–Crippen MR) is 83.7 cm³/mol. The van der Waals surface area contributed by atoms with E-state index < -0.39 is 0 Å². The number of nitrogens with zero attached hydrogens (tertiary/aromatic N) is 2. The van der Waals surface area contributed by atoms with Crippen LogP contribution in [0.4, 0.5) is 4.79 Å². The van der Waals surface area contributed by atoms with Gasteiger partial charge in [-0.1, -0.05) is 30.3 Å². The zero-order chi connectivity index (χ0) is 15.1. The maximum Gasteiger partial charge on any atom is 0.326 e. The summed E-state index contributed by atoms with van der Waals surface area (Å²) in [7, 11) is 0. The molecule has 1 aliphatic heterocycles. The molecule has 0 spiro atoms. The lowest BCUT2D eigenvalue weighted by molar-refractivity contribution is -0.123. The van der Waals surface area contributed by atoms with E-state index in [1.54, 1.807) is 11.0 Å². The zero-order valence-electron chi connectivity index (χ0n) is 12.5. The first-order valence-corrected chi connectivity index (χ1v) is 7.56. The Kier molecular flexibility index (Phi) is 5.55. The van der Waals surface area contributed by atoms with Crippen molar-refractivity contribution in [2.45, 2.75) is 26.2 Å². The number of carbonyl (C=O) groups is 2. The minimum atomic E-state index is -0.253. The number of likely N-dealkylation sites (N-methyl/N-ethyl adjacent to an activating group) is 1. The molecule has 1 aliphatic rings.